The van der Waals surface area contributed by atoms with Gasteiger partial charge in [0.25, 0.3) is 0 Å². The summed E-state index contributed by atoms with van der Waals surface area (Å²) in [6.07, 6.45) is 7.56. The first-order valence-corrected chi connectivity index (χ1v) is 7.97. The second kappa shape index (κ2) is 6.53. The molecule has 6 heteroatoms. The molecule has 21 heavy (non-hydrogen) atoms. The molecule has 120 valence electrons. The predicted octanol–water partition coefficient (Wildman–Crippen LogP) is 1.20. The molecular weight excluding hydrogens is 290 g/mol. The number of amides is 2. The maximum Gasteiger partial charge on any atom is 0.240 e. The lowest BCUT2D eigenvalue weighted by Gasteiger charge is -2.34. The smallest absolute Gasteiger partial charge is 0.240 e. The first-order chi connectivity index (χ1) is 9.58. The largest absolute Gasteiger partial charge is 0.352 e. The quantitative estimate of drug-likeness (QED) is 0.821. The fraction of sp³-hybridized carbons (Fsp3) is 0.867. The fourth-order valence-corrected chi connectivity index (χ4v) is 3.39. The second-order valence-electron chi connectivity index (χ2n) is 6.71. The maximum atomic E-state index is 12.3. The summed E-state index contributed by atoms with van der Waals surface area (Å²) in [6, 6.07) is 0.187. The van der Waals surface area contributed by atoms with Gasteiger partial charge >= 0.3 is 0 Å². The van der Waals surface area contributed by atoms with E-state index in [1.165, 1.54) is 0 Å². The number of carbonyl (C=O) groups is 2. The number of halogens is 1. The molecule has 2 aliphatic carbocycles. The molecule has 0 radical (unpaired) electrons. The van der Waals surface area contributed by atoms with Crippen LogP contribution in [0.1, 0.15) is 51.4 Å². The number of nitrogens with two attached hydrogens (primary N) is 1. The summed E-state index contributed by atoms with van der Waals surface area (Å²) in [5.74, 6) is 0.634. The van der Waals surface area contributed by atoms with Gasteiger partial charge in [0.2, 0.25) is 11.8 Å². The van der Waals surface area contributed by atoms with Crippen molar-refractivity contribution in [2.24, 2.45) is 11.7 Å². The first kappa shape index (κ1) is 16.6. The van der Waals surface area contributed by atoms with Gasteiger partial charge in [-0.3, -0.25) is 9.59 Å². The summed E-state index contributed by atoms with van der Waals surface area (Å²) < 4.78 is 0. The highest BCUT2D eigenvalue weighted by Gasteiger charge is 2.39. The zero-order valence-corrected chi connectivity index (χ0v) is 13.3. The lowest BCUT2D eigenvalue weighted by Crippen LogP contribution is -2.56. The minimum Gasteiger partial charge on any atom is -0.352 e. The Morgan fingerprint density at radius 3 is 2.14 bits per heavy atom. The van der Waals surface area contributed by atoms with Crippen molar-refractivity contribution < 1.29 is 9.59 Å². The third-order valence-electron chi connectivity index (χ3n) is 5.02. The van der Waals surface area contributed by atoms with Gasteiger partial charge in [0.15, 0.2) is 0 Å². The van der Waals surface area contributed by atoms with Crippen LogP contribution in [0.25, 0.3) is 0 Å². The van der Waals surface area contributed by atoms with E-state index in [9.17, 15) is 9.59 Å². The Balaban J connectivity index is 0.00000161. The third kappa shape index (κ3) is 3.69. The van der Waals surface area contributed by atoms with Gasteiger partial charge in [0.1, 0.15) is 0 Å². The minimum absolute atomic E-state index is 0. The Morgan fingerprint density at radius 2 is 1.62 bits per heavy atom. The van der Waals surface area contributed by atoms with Crippen LogP contribution < -0.4 is 11.1 Å². The van der Waals surface area contributed by atoms with Gasteiger partial charge in [-0.15, -0.1) is 12.4 Å². The molecule has 1 aliphatic heterocycles. The van der Waals surface area contributed by atoms with Crippen molar-refractivity contribution >= 4 is 24.2 Å². The highest BCUT2D eigenvalue weighted by atomic mass is 35.5. The third-order valence-corrected chi connectivity index (χ3v) is 5.02. The van der Waals surface area contributed by atoms with Gasteiger partial charge in [0, 0.05) is 25.0 Å². The molecule has 3 fully saturated rings. The summed E-state index contributed by atoms with van der Waals surface area (Å²) in [4.78, 5) is 26.2. The van der Waals surface area contributed by atoms with Gasteiger partial charge in [0.05, 0.1) is 5.54 Å². The van der Waals surface area contributed by atoms with Crippen molar-refractivity contribution in [3.8, 4) is 0 Å². The van der Waals surface area contributed by atoms with Crippen molar-refractivity contribution in [1.29, 1.82) is 0 Å². The molecule has 0 aromatic carbocycles. The summed E-state index contributed by atoms with van der Waals surface area (Å²) in [7, 11) is 0. The average molecular weight is 316 g/mol. The molecule has 3 aliphatic rings. The van der Waals surface area contributed by atoms with Crippen LogP contribution in [0, 0.1) is 5.92 Å². The number of hydrogen-bond donors (Lipinski definition) is 2. The fourth-order valence-electron chi connectivity index (χ4n) is 3.39. The molecular formula is C15H26ClN3O2. The van der Waals surface area contributed by atoms with Crippen LogP contribution in [0.3, 0.4) is 0 Å². The molecule has 5 nitrogen and oxygen atoms in total. The Bertz CT molecular complexity index is 398. The monoisotopic (exact) mass is 315 g/mol. The molecule has 3 N–H and O–H groups in total. The molecule has 0 aromatic rings. The SMILES string of the molecule is Cl.NC1(C(=O)NC2CCN(C(=O)C3CC3)CC2)CCCC1. The maximum absolute atomic E-state index is 12.3. The van der Waals surface area contributed by atoms with Crippen LogP contribution in [0.5, 0.6) is 0 Å². The Morgan fingerprint density at radius 1 is 1.05 bits per heavy atom. The number of likely N-dealkylation sites (tertiary alicyclic amines) is 1. The number of hydrogen-bond acceptors (Lipinski definition) is 3. The Labute approximate surface area is 132 Å². The van der Waals surface area contributed by atoms with Crippen LogP contribution in [0.4, 0.5) is 0 Å². The summed E-state index contributed by atoms with van der Waals surface area (Å²) in [5.41, 5.74) is 5.53. The Hall–Kier alpha value is -0.810. The number of piperidine rings is 1. The van der Waals surface area contributed by atoms with Crippen molar-refractivity contribution in [2.45, 2.75) is 62.9 Å². The van der Waals surface area contributed by atoms with E-state index in [-0.39, 0.29) is 24.4 Å². The van der Waals surface area contributed by atoms with Crippen molar-refractivity contribution in [1.82, 2.24) is 10.2 Å². The van der Waals surface area contributed by atoms with Crippen LogP contribution in [0.2, 0.25) is 0 Å². The lowest BCUT2D eigenvalue weighted by atomic mass is 9.96. The normalized spacial score (nSPS) is 25.3. The van der Waals surface area contributed by atoms with Gasteiger partial charge in [-0.1, -0.05) is 12.8 Å². The molecule has 0 bridgehead atoms. The van der Waals surface area contributed by atoms with Crippen molar-refractivity contribution in [3.05, 3.63) is 0 Å². The van der Waals surface area contributed by atoms with Gasteiger partial charge in [-0.25, -0.2) is 0 Å². The minimum atomic E-state index is -0.638. The number of rotatable bonds is 3. The van der Waals surface area contributed by atoms with E-state index >= 15 is 0 Å². The highest BCUT2D eigenvalue weighted by Crippen LogP contribution is 2.32. The van der Waals surface area contributed by atoms with E-state index in [1.807, 2.05) is 4.90 Å². The van der Waals surface area contributed by atoms with E-state index in [0.717, 1.165) is 64.5 Å². The molecule has 0 unspecified atom stereocenters. The van der Waals surface area contributed by atoms with E-state index in [1.54, 1.807) is 0 Å². The van der Waals surface area contributed by atoms with Crippen LogP contribution in [-0.2, 0) is 9.59 Å². The van der Waals surface area contributed by atoms with E-state index in [0.29, 0.717) is 11.8 Å². The molecule has 0 spiro atoms. The van der Waals surface area contributed by atoms with Gasteiger partial charge in [-0.05, 0) is 38.5 Å². The number of nitrogens with zero attached hydrogens (tertiary/aromatic N) is 1. The zero-order chi connectivity index (χ0) is 14.2. The molecule has 1 heterocycles. The first-order valence-electron chi connectivity index (χ1n) is 7.97. The molecule has 0 aromatic heterocycles. The van der Waals surface area contributed by atoms with Gasteiger partial charge in [-0.2, -0.15) is 0 Å². The van der Waals surface area contributed by atoms with Crippen LogP contribution in [-0.4, -0.2) is 41.4 Å². The van der Waals surface area contributed by atoms with Crippen molar-refractivity contribution in [2.75, 3.05) is 13.1 Å². The molecule has 2 saturated carbocycles. The molecule has 0 atom stereocenters. The topological polar surface area (TPSA) is 75.4 Å². The van der Waals surface area contributed by atoms with E-state index in [2.05, 4.69) is 5.32 Å². The Kier molecular flexibility index (Phi) is 5.15. The predicted molar refractivity (Wildman–Crippen MR) is 83.1 cm³/mol. The zero-order valence-electron chi connectivity index (χ0n) is 12.5. The van der Waals surface area contributed by atoms with E-state index in [4.69, 9.17) is 5.73 Å². The average Bonchev–Trinajstić information content (AvgIpc) is 3.21. The van der Waals surface area contributed by atoms with Crippen LogP contribution >= 0.6 is 12.4 Å². The second-order valence-corrected chi connectivity index (χ2v) is 6.71. The van der Waals surface area contributed by atoms with Crippen LogP contribution in [0.15, 0.2) is 0 Å². The number of carbonyl (C=O) groups excluding carboxylic acids is 2. The number of nitrogens with one attached hydrogen (secondary N) is 1. The van der Waals surface area contributed by atoms with E-state index < -0.39 is 5.54 Å². The summed E-state index contributed by atoms with van der Waals surface area (Å²) in [5, 5.41) is 3.10. The lowest BCUT2D eigenvalue weighted by molar-refractivity contribution is -0.133. The molecule has 1 saturated heterocycles. The summed E-state index contributed by atoms with van der Waals surface area (Å²) >= 11 is 0. The molecule has 2 amide bonds. The van der Waals surface area contributed by atoms with Crippen molar-refractivity contribution in [3.63, 3.8) is 0 Å². The summed E-state index contributed by atoms with van der Waals surface area (Å²) in [6.45, 7) is 1.55. The standard InChI is InChI=1S/C15H25N3O2.ClH/c16-15(7-1-2-8-15)14(20)17-12-5-9-18(10-6-12)13(19)11-3-4-11;/h11-12H,1-10,16H2,(H,17,20);1H. The highest BCUT2D eigenvalue weighted by molar-refractivity contribution is 5.86. The van der Waals surface area contributed by atoms with Gasteiger partial charge < -0.3 is 16.0 Å². The molecule has 3 rings (SSSR count).